The van der Waals surface area contributed by atoms with Crippen molar-refractivity contribution in [2.75, 3.05) is 0 Å². The molecule has 0 radical (unpaired) electrons. The zero-order chi connectivity index (χ0) is 38.0. The Bertz CT molecular complexity index is 3460. The lowest BCUT2D eigenvalue weighted by Gasteiger charge is -2.31. The van der Waals surface area contributed by atoms with Gasteiger partial charge in [0.2, 0.25) is 5.95 Å². The van der Waals surface area contributed by atoms with Crippen LogP contribution in [0, 0.1) is 0 Å². The lowest BCUT2D eigenvalue weighted by atomic mass is 9.70. The average Bonchev–Trinajstić information content (AvgIpc) is 3.89. The lowest BCUT2D eigenvalue weighted by molar-refractivity contribution is 0.794. The number of rotatable bonds is 3. The third-order valence-electron chi connectivity index (χ3n) is 12.8. The van der Waals surface area contributed by atoms with Crippen molar-refractivity contribution < 1.29 is 0 Å². The molecule has 58 heavy (non-hydrogen) atoms. The smallest absolute Gasteiger partial charge is 0.237 e. The average molecular weight is 737 g/mol. The third kappa shape index (κ3) is 4.01. The minimum atomic E-state index is -0.558. The molecule has 9 aromatic carbocycles. The van der Waals surface area contributed by atoms with E-state index in [0.717, 1.165) is 11.0 Å². The van der Waals surface area contributed by atoms with E-state index in [9.17, 15) is 0 Å². The third-order valence-corrected chi connectivity index (χ3v) is 12.8. The first kappa shape index (κ1) is 31.5. The van der Waals surface area contributed by atoms with Crippen molar-refractivity contribution >= 4 is 43.4 Å². The van der Waals surface area contributed by atoms with Crippen LogP contribution in [0.2, 0.25) is 0 Å². The van der Waals surface area contributed by atoms with Crippen molar-refractivity contribution in [3.05, 3.63) is 217 Å². The number of hydrogen-bond donors (Lipinski definition) is 0. The molecule has 1 atom stereocenters. The Kier molecular flexibility index (Phi) is 6.34. The fraction of sp³-hybridized carbons (Fsp3) is 0.0185. The molecular formula is C54H32N4. The molecule has 268 valence electrons. The summed E-state index contributed by atoms with van der Waals surface area (Å²) in [6.45, 7) is 0. The molecule has 0 saturated carbocycles. The first-order valence-corrected chi connectivity index (χ1v) is 19.8. The van der Waals surface area contributed by atoms with E-state index < -0.39 is 5.41 Å². The van der Waals surface area contributed by atoms with Gasteiger partial charge in [0.15, 0.2) is 0 Å². The quantitative estimate of drug-likeness (QED) is 0.170. The van der Waals surface area contributed by atoms with Gasteiger partial charge in [0.05, 0.1) is 16.4 Å². The molecule has 0 amide bonds. The molecule has 2 aromatic heterocycles. The summed E-state index contributed by atoms with van der Waals surface area (Å²) in [5.41, 5.74) is 16.8. The van der Waals surface area contributed by atoms with Gasteiger partial charge in [0.1, 0.15) is 12.7 Å². The van der Waals surface area contributed by atoms with Gasteiger partial charge in [-0.15, -0.1) is 0 Å². The molecule has 0 fully saturated rings. The van der Waals surface area contributed by atoms with E-state index >= 15 is 0 Å². The van der Waals surface area contributed by atoms with Gasteiger partial charge in [0, 0.05) is 10.8 Å². The predicted octanol–water partition coefficient (Wildman–Crippen LogP) is 13.0. The summed E-state index contributed by atoms with van der Waals surface area (Å²) in [7, 11) is 0. The van der Waals surface area contributed by atoms with Gasteiger partial charge in [-0.25, -0.2) is 15.0 Å². The molecule has 2 aliphatic rings. The second-order valence-corrected chi connectivity index (χ2v) is 15.5. The molecular weight excluding hydrogens is 705 g/mol. The lowest BCUT2D eigenvalue weighted by Crippen LogP contribution is -2.26. The highest BCUT2D eigenvalue weighted by molar-refractivity contribution is 6.21. The van der Waals surface area contributed by atoms with Crippen LogP contribution in [0.25, 0.3) is 93.8 Å². The molecule has 11 aromatic rings. The van der Waals surface area contributed by atoms with Crippen molar-refractivity contribution in [2.45, 2.75) is 5.41 Å². The van der Waals surface area contributed by atoms with Crippen molar-refractivity contribution in [3.63, 3.8) is 0 Å². The van der Waals surface area contributed by atoms with Crippen molar-refractivity contribution in [2.24, 2.45) is 0 Å². The summed E-state index contributed by atoms with van der Waals surface area (Å²) in [4.78, 5) is 13.5. The van der Waals surface area contributed by atoms with Gasteiger partial charge in [-0.1, -0.05) is 158 Å². The van der Waals surface area contributed by atoms with Crippen LogP contribution in [0.1, 0.15) is 22.3 Å². The van der Waals surface area contributed by atoms with Crippen LogP contribution in [-0.4, -0.2) is 19.5 Å². The first-order valence-electron chi connectivity index (χ1n) is 19.8. The molecule has 4 nitrogen and oxygen atoms in total. The minimum Gasteiger partial charge on any atom is -0.278 e. The van der Waals surface area contributed by atoms with Crippen molar-refractivity contribution in [3.8, 4) is 50.5 Å². The van der Waals surface area contributed by atoms with Crippen LogP contribution < -0.4 is 0 Å². The number of hydrogen-bond acceptors (Lipinski definition) is 3. The summed E-state index contributed by atoms with van der Waals surface area (Å²) in [6.07, 6.45) is 3.16. The van der Waals surface area contributed by atoms with E-state index in [0.29, 0.717) is 5.95 Å². The van der Waals surface area contributed by atoms with Gasteiger partial charge >= 0.3 is 0 Å². The van der Waals surface area contributed by atoms with E-state index in [-0.39, 0.29) is 0 Å². The highest BCUT2D eigenvalue weighted by Crippen LogP contribution is 2.64. The second-order valence-electron chi connectivity index (χ2n) is 15.5. The number of benzene rings is 9. The molecule has 1 spiro atoms. The zero-order valence-electron chi connectivity index (χ0n) is 31.3. The van der Waals surface area contributed by atoms with E-state index in [1.807, 2.05) is 0 Å². The number of nitrogens with zero attached hydrogens (tertiary/aromatic N) is 4. The Morgan fingerprint density at radius 3 is 1.53 bits per heavy atom. The van der Waals surface area contributed by atoms with Gasteiger partial charge in [-0.05, 0) is 113 Å². The molecule has 2 heterocycles. The topological polar surface area (TPSA) is 43.6 Å². The van der Waals surface area contributed by atoms with Crippen LogP contribution in [0.4, 0.5) is 0 Å². The number of aromatic nitrogens is 4. The molecule has 0 bridgehead atoms. The normalized spacial score (nSPS) is 15.0. The number of para-hydroxylation sites is 1. The largest absolute Gasteiger partial charge is 0.278 e. The van der Waals surface area contributed by atoms with Crippen molar-refractivity contribution in [1.29, 1.82) is 0 Å². The first-order chi connectivity index (χ1) is 28.8. The monoisotopic (exact) mass is 736 g/mol. The molecule has 1 unspecified atom stereocenters. The van der Waals surface area contributed by atoms with Crippen molar-refractivity contribution in [1.82, 2.24) is 19.5 Å². The molecule has 0 saturated heterocycles. The molecule has 2 aliphatic carbocycles. The Morgan fingerprint density at radius 1 is 0.345 bits per heavy atom. The second kappa shape index (κ2) is 11.7. The molecule has 13 rings (SSSR count). The molecule has 4 heteroatoms. The Morgan fingerprint density at radius 2 is 0.862 bits per heavy atom. The van der Waals surface area contributed by atoms with E-state index in [1.54, 1.807) is 12.7 Å². The minimum absolute atomic E-state index is 0.558. The van der Waals surface area contributed by atoms with Crippen LogP contribution in [0.3, 0.4) is 0 Å². The maximum Gasteiger partial charge on any atom is 0.237 e. The maximum atomic E-state index is 4.68. The summed E-state index contributed by atoms with van der Waals surface area (Å²) >= 11 is 0. The highest BCUT2D eigenvalue weighted by atomic mass is 15.2. The summed E-state index contributed by atoms with van der Waals surface area (Å²) < 4.78 is 2.20. The van der Waals surface area contributed by atoms with E-state index in [1.165, 1.54) is 99.1 Å². The Balaban J connectivity index is 1.15. The van der Waals surface area contributed by atoms with Gasteiger partial charge in [-0.2, -0.15) is 0 Å². The zero-order valence-corrected chi connectivity index (χ0v) is 31.3. The Labute approximate surface area is 334 Å². The maximum absolute atomic E-state index is 4.68. The van der Waals surface area contributed by atoms with Crippen LogP contribution in [-0.2, 0) is 5.41 Å². The van der Waals surface area contributed by atoms with Gasteiger partial charge in [0.25, 0.3) is 0 Å². The van der Waals surface area contributed by atoms with Gasteiger partial charge < -0.3 is 0 Å². The highest BCUT2D eigenvalue weighted by Gasteiger charge is 2.52. The fourth-order valence-corrected chi connectivity index (χ4v) is 10.7. The summed E-state index contributed by atoms with van der Waals surface area (Å²) in [5, 5.41) is 7.36. The molecule has 0 aliphatic heterocycles. The van der Waals surface area contributed by atoms with Gasteiger partial charge in [-0.3, -0.25) is 4.57 Å². The van der Waals surface area contributed by atoms with E-state index in [2.05, 4.69) is 202 Å². The van der Waals surface area contributed by atoms with E-state index in [4.69, 9.17) is 0 Å². The summed E-state index contributed by atoms with van der Waals surface area (Å²) in [6, 6.07) is 67.5. The molecule has 0 N–H and O–H groups in total. The predicted molar refractivity (Wildman–Crippen MR) is 236 cm³/mol. The SMILES string of the molecule is c1ccc(-c2c3ccccc3c(-c3ccc4c(c3)C3(c5ccccc5-4)c4ccccc4-c4cc5c6ccccc6n(-c6ncncn6)c5cc43)c3ccccc23)cc1. The standard InChI is InChI=1S/C54H32N4/c1-2-14-33(15-3-1)51-39-19-4-6-21-41(39)52(42-22-7-5-20-40(42)51)34-26-27-37-35-16-8-11-23-45(35)54(47(37)28-34)46-24-12-9-17-36(46)43-29-44-38-18-10-13-25-49(38)58(50(44)30-48(43)54)53-56-31-55-32-57-53/h1-32H. The number of fused-ring (bicyclic) bond motifs is 15. The summed E-state index contributed by atoms with van der Waals surface area (Å²) in [5.74, 6) is 0.609. The van der Waals surface area contributed by atoms with Crippen LogP contribution >= 0.6 is 0 Å². The van der Waals surface area contributed by atoms with Crippen LogP contribution in [0.5, 0.6) is 0 Å². The fourth-order valence-electron chi connectivity index (χ4n) is 10.7. The Hall–Kier alpha value is -7.69. The van der Waals surface area contributed by atoms with Crippen LogP contribution in [0.15, 0.2) is 195 Å².